The summed E-state index contributed by atoms with van der Waals surface area (Å²) in [4.78, 5) is 25.8. The minimum atomic E-state index is -0.709. The second-order valence-electron chi connectivity index (χ2n) is 4.52. The fourth-order valence-electron chi connectivity index (χ4n) is 2.17. The molecular weight excluding hydrogens is 282 g/mol. The lowest BCUT2D eigenvalue weighted by atomic mass is 10.1. The summed E-state index contributed by atoms with van der Waals surface area (Å²) in [7, 11) is 1.30. The standard InChI is InChI=1S/C14H16ClNO4/c1-9-10(4-3-5-11(9)15)13(17)16-6-7-20-8-12(16)14(18)19-2/h3-5,12H,6-8H2,1-2H3. The van der Waals surface area contributed by atoms with Gasteiger partial charge in [0.15, 0.2) is 6.04 Å². The zero-order valence-electron chi connectivity index (χ0n) is 11.4. The number of hydrogen-bond acceptors (Lipinski definition) is 4. The van der Waals surface area contributed by atoms with Crippen molar-refractivity contribution in [3.8, 4) is 0 Å². The number of morpholine rings is 1. The number of esters is 1. The molecule has 1 unspecified atom stereocenters. The Labute approximate surface area is 122 Å². The van der Waals surface area contributed by atoms with Crippen LogP contribution in [0.15, 0.2) is 18.2 Å². The highest BCUT2D eigenvalue weighted by Crippen LogP contribution is 2.22. The number of rotatable bonds is 2. The van der Waals surface area contributed by atoms with Crippen LogP contribution in [0.5, 0.6) is 0 Å². The van der Waals surface area contributed by atoms with Gasteiger partial charge in [-0.1, -0.05) is 17.7 Å². The van der Waals surface area contributed by atoms with Crippen molar-refractivity contribution in [3.05, 3.63) is 34.3 Å². The van der Waals surface area contributed by atoms with E-state index in [1.54, 1.807) is 25.1 Å². The lowest BCUT2D eigenvalue weighted by Crippen LogP contribution is -2.53. The van der Waals surface area contributed by atoms with Gasteiger partial charge >= 0.3 is 5.97 Å². The average Bonchev–Trinajstić information content (AvgIpc) is 2.48. The number of halogens is 1. The summed E-state index contributed by atoms with van der Waals surface area (Å²) in [5.41, 5.74) is 1.20. The van der Waals surface area contributed by atoms with Gasteiger partial charge in [0, 0.05) is 17.1 Å². The molecule has 0 spiro atoms. The first kappa shape index (κ1) is 14.8. The van der Waals surface area contributed by atoms with Crippen molar-refractivity contribution in [2.24, 2.45) is 0 Å². The Morgan fingerprint density at radius 3 is 2.90 bits per heavy atom. The molecule has 1 aromatic rings. The fourth-order valence-corrected chi connectivity index (χ4v) is 2.35. The smallest absolute Gasteiger partial charge is 0.331 e. The number of benzene rings is 1. The zero-order chi connectivity index (χ0) is 14.7. The number of carbonyl (C=O) groups excluding carboxylic acids is 2. The highest BCUT2D eigenvalue weighted by atomic mass is 35.5. The molecule has 1 aliphatic rings. The molecule has 0 radical (unpaired) electrons. The molecule has 20 heavy (non-hydrogen) atoms. The third kappa shape index (κ3) is 2.78. The maximum Gasteiger partial charge on any atom is 0.331 e. The lowest BCUT2D eigenvalue weighted by Gasteiger charge is -2.34. The molecule has 1 heterocycles. The normalized spacial score (nSPS) is 18.8. The third-order valence-electron chi connectivity index (χ3n) is 3.36. The summed E-state index contributed by atoms with van der Waals surface area (Å²) in [5.74, 6) is -0.707. The van der Waals surface area contributed by atoms with Gasteiger partial charge in [-0.05, 0) is 24.6 Å². The molecule has 108 valence electrons. The van der Waals surface area contributed by atoms with Crippen LogP contribution in [0.25, 0.3) is 0 Å². The van der Waals surface area contributed by atoms with Gasteiger partial charge in [-0.15, -0.1) is 0 Å². The number of nitrogens with zero attached hydrogens (tertiary/aromatic N) is 1. The number of hydrogen-bond donors (Lipinski definition) is 0. The van der Waals surface area contributed by atoms with E-state index in [9.17, 15) is 9.59 Å². The average molecular weight is 298 g/mol. The summed E-state index contributed by atoms with van der Waals surface area (Å²) >= 11 is 6.04. The Morgan fingerprint density at radius 1 is 1.45 bits per heavy atom. The van der Waals surface area contributed by atoms with Crippen LogP contribution in [0.2, 0.25) is 5.02 Å². The van der Waals surface area contributed by atoms with E-state index >= 15 is 0 Å². The zero-order valence-corrected chi connectivity index (χ0v) is 12.1. The molecule has 0 aromatic heterocycles. The molecule has 0 aliphatic carbocycles. The van der Waals surface area contributed by atoms with Crippen LogP contribution >= 0.6 is 11.6 Å². The van der Waals surface area contributed by atoms with Crippen molar-refractivity contribution in [1.82, 2.24) is 4.90 Å². The third-order valence-corrected chi connectivity index (χ3v) is 3.77. The Morgan fingerprint density at radius 2 is 2.20 bits per heavy atom. The minimum Gasteiger partial charge on any atom is -0.467 e. The number of carbonyl (C=O) groups is 2. The van der Waals surface area contributed by atoms with Gasteiger partial charge in [-0.25, -0.2) is 4.79 Å². The molecule has 0 saturated carbocycles. The van der Waals surface area contributed by atoms with Gasteiger partial charge < -0.3 is 14.4 Å². The van der Waals surface area contributed by atoms with E-state index in [0.29, 0.717) is 29.3 Å². The second-order valence-corrected chi connectivity index (χ2v) is 4.93. The van der Waals surface area contributed by atoms with Gasteiger partial charge in [0.1, 0.15) is 0 Å². The quantitative estimate of drug-likeness (QED) is 0.779. The van der Waals surface area contributed by atoms with Crippen molar-refractivity contribution >= 4 is 23.5 Å². The maximum absolute atomic E-state index is 12.6. The van der Waals surface area contributed by atoms with E-state index < -0.39 is 12.0 Å². The molecular formula is C14H16ClNO4. The molecule has 1 aliphatic heterocycles. The summed E-state index contributed by atoms with van der Waals surface area (Å²) in [6, 6.07) is 4.44. The molecule has 1 amide bonds. The second kappa shape index (κ2) is 6.24. The van der Waals surface area contributed by atoms with E-state index in [1.165, 1.54) is 12.0 Å². The first-order chi connectivity index (χ1) is 9.56. The summed E-state index contributed by atoms with van der Waals surface area (Å²) in [6.07, 6.45) is 0. The Bertz CT molecular complexity index is 532. The van der Waals surface area contributed by atoms with Crippen molar-refractivity contribution < 1.29 is 19.1 Å². The highest BCUT2D eigenvalue weighted by Gasteiger charge is 2.34. The van der Waals surface area contributed by atoms with E-state index in [4.69, 9.17) is 21.1 Å². The van der Waals surface area contributed by atoms with Crippen molar-refractivity contribution in [3.63, 3.8) is 0 Å². The van der Waals surface area contributed by atoms with Crippen LogP contribution in [0.1, 0.15) is 15.9 Å². The van der Waals surface area contributed by atoms with Crippen LogP contribution < -0.4 is 0 Å². The molecule has 6 heteroatoms. The fraction of sp³-hybridized carbons (Fsp3) is 0.429. The summed E-state index contributed by atoms with van der Waals surface area (Å²) in [6.45, 7) is 2.69. The first-order valence-electron chi connectivity index (χ1n) is 6.28. The van der Waals surface area contributed by atoms with E-state index in [1.807, 2.05) is 0 Å². The van der Waals surface area contributed by atoms with Crippen molar-refractivity contribution in [1.29, 1.82) is 0 Å². The predicted molar refractivity (Wildman–Crippen MR) is 73.8 cm³/mol. The monoisotopic (exact) mass is 297 g/mol. The topological polar surface area (TPSA) is 55.8 Å². The van der Waals surface area contributed by atoms with Crippen LogP contribution in [0.3, 0.4) is 0 Å². The molecule has 1 atom stereocenters. The van der Waals surface area contributed by atoms with Crippen LogP contribution in [-0.2, 0) is 14.3 Å². The van der Waals surface area contributed by atoms with Crippen LogP contribution in [-0.4, -0.2) is 49.7 Å². The molecule has 0 N–H and O–H groups in total. The Kier molecular flexibility index (Phi) is 4.62. The Balaban J connectivity index is 2.30. The minimum absolute atomic E-state index is 0.151. The predicted octanol–water partition coefficient (Wildman–Crippen LogP) is 1.66. The molecule has 2 rings (SSSR count). The van der Waals surface area contributed by atoms with Gasteiger partial charge in [0.05, 0.1) is 20.3 Å². The number of methoxy groups -OCH3 is 1. The molecule has 1 saturated heterocycles. The molecule has 1 fully saturated rings. The van der Waals surface area contributed by atoms with Gasteiger partial charge in [-0.2, -0.15) is 0 Å². The molecule has 0 bridgehead atoms. The SMILES string of the molecule is COC(=O)C1COCCN1C(=O)c1cccc(Cl)c1C. The molecule has 1 aromatic carbocycles. The summed E-state index contributed by atoms with van der Waals surface area (Å²) < 4.78 is 9.98. The number of ether oxygens (including phenoxy) is 2. The number of amides is 1. The van der Waals surface area contributed by atoms with E-state index in [2.05, 4.69) is 0 Å². The van der Waals surface area contributed by atoms with E-state index in [-0.39, 0.29) is 12.5 Å². The van der Waals surface area contributed by atoms with E-state index in [0.717, 1.165) is 0 Å². The summed E-state index contributed by atoms with van der Waals surface area (Å²) in [5, 5.41) is 0.527. The van der Waals surface area contributed by atoms with Crippen LogP contribution in [0.4, 0.5) is 0 Å². The molecule has 5 nitrogen and oxygen atoms in total. The van der Waals surface area contributed by atoms with Crippen LogP contribution in [0, 0.1) is 6.92 Å². The van der Waals surface area contributed by atoms with Gasteiger partial charge in [0.2, 0.25) is 0 Å². The van der Waals surface area contributed by atoms with Gasteiger partial charge in [-0.3, -0.25) is 4.79 Å². The highest BCUT2D eigenvalue weighted by molar-refractivity contribution is 6.31. The first-order valence-corrected chi connectivity index (χ1v) is 6.65. The largest absolute Gasteiger partial charge is 0.467 e. The van der Waals surface area contributed by atoms with Crippen molar-refractivity contribution in [2.75, 3.05) is 26.9 Å². The lowest BCUT2D eigenvalue weighted by molar-refractivity contribution is -0.151. The van der Waals surface area contributed by atoms with Crippen molar-refractivity contribution in [2.45, 2.75) is 13.0 Å². The maximum atomic E-state index is 12.6. The van der Waals surface area contributed by atoms with Gasteiger partial charge in [0.25, 0.3) is 5.91 Å². The Hall–Kier alpha value is -1.59.